The summed E-state index contributed by atoms with van der Waals surface area (Å²) in [5.74, 6) is -1.13. The second kappa shape index (κ2) is 4.15. The number of halogens is 5. The molecule has 13 heavy (non-hydrogen) atoms. The van der Waals surface area contributed by atoms with Gasteiger partial charge in [0.05, 0.1) is 5.02 Å². The van der Waals surface area contributed by atoms with E-state index in [1.54, 1.807) is 0 Å². The van der Waals surface area contributed by atoms with E-state index in [1.807, 2.05) is 0 Å². The van der Waals surface area contributed by atoms with Crippen molar-refractivity contribution in [3.8, 4) is 0 Å². The summed E-state index contributed by atoms with van der Waals surface area (Å²) in [5.41, 5.74) is -0.650. The van der Waals surface area contributed by atoms with Crippen molar-refractivity contribution >= 4 is 23.2 Å². The Morgan fingerprint density at radius 1 is 1.46 bits per heavy atom. The molecule has 72 valence electrons. The van der Waals surface area contributed by atoms with Gasteiger partial charge in [0.1, 0.15) is 5.69 Å². The quantitative estimate of drug-likeness (QED) is 0.559. The van der Waals surface area contributed by atoms with Crippen LogP contribution >= 0.6 is 23.2 Å². The monoisotopic (exact) mass is 229 g/mol. The zero-order valence-corrected chi connectivity index (χ0v) is 7.71. The van der Waals surface area contributed by atoms with Crippen molar-refractivity contribution in [2.24, 2.45) is 0 Å². The van der Waals surface area contributed by atoms with Crippen LogP contribution in [0.2, 0.25) is 5.02 Å². The van der Waals surface area contributed by atoms with Gasteiger partial charge in [-0.3, -0.25) is 0 Å². The van der Waals surface area contributed by atoms with Gasteiger partial charge in [-0.1, -0.05) is 11.6 Å². The van der Waals surface area contributed by atoms with E-state index in [0.717, 1.165) is 6.07 Å². The Morgan fingerprint density at radius 2 is 2.08 bits per heavy atom. The fourth-order valence-electron chi connectivity index (χ4n) is 0.810. The van der Waals surface area contributed by atoms with Gasteiger partial charge in [0.2, 0.25) is 5.95 Å². The second-order valence-corrected chi connectivity index (χ2v) is 2.88. The van der Waals surface area contributed by atoms with Gasteiger partial charge in [-0.15, -0.1) is 11.6 Å². The van der Waals surface area contributed by atoms with Gasteiger partial charge in [-0.2, -0.15) is 4.39 Å². The average Bonchev–Trinajstić information content (AvgIpc) is 2.08. The molecule has 0 aliphatic carbocycles. The molecule has 0 bridgehead atoms. The van der Waals surface area contributed by atoms with Crippen LogP contribution in [0.4, 0.5) is 13.2 Å². The number of hydrogen-bond donors (Lipinski definition) is 0. The Balaban J connectivity index is 3.27. The molecule has 1 aromatic rings. The Bertz CT molecular complexity index is 317. The summed E-state index contributed by atoms with van der Waals surface area (Å²) in [7, 11) is 0. The van der Waals surface area contributed by atoms with E-state index in [-0.39, 0.29) is 16.5 Å². The number of rotatable bonds is 2. The maximum Gasteiger partial charge on any atom is 0.281 e. The molecule has 0 radical (unpaired) electrons. The van der Waals surface area contributed by atoms with Crippen LogP contribution < -0.4 is 0 Å². The number of hydrogen-bond acceptors (Lipinski definition) is 1. The summed E-state index contributed by atoms with van der Waals surface area (Å²) in [6.07, 6.45) is -2.90. The lowest BCUT2D eigenvalue weighted by molar-refractivity contribution is 0.145. The fraction of sp³-hybridized carbons (Fsp3) is 0.286. The predicted molar refractivity (Wildman–Crippen MR) is 43.7 cm³/mol. The maximum atomic E-state index is 12.6. The van der Waals surface area contributed by atoms with Crippen molar-refractivity contribution in [2.45, 2.75) is 12.3 Å². The molecule has 0 aliphatic rings. The van der Waals surface area contributed by atoms with Crippen LogP contribution in [0.5, 0.6) is 0 Å². The first-order valence-corrected chi connectivity index (χ1v) is 4.16. The Kier molecular flexibility index (Phi) is 3.39. The highest BCUT2D eigenvalue weighted by molar-refractivity contribution is 6.32. The highest BCUT2D eigenvalue weighted by Gasteiger charge is 2.18. The molecular weight excluding hydrogens is 226 g/mol. The molecule has 0 saturated heterocycles. The topological polar surface area (TPSA) is 12.9 Å². The van der Waals surface area contributed by atoms with Gasteiger partial charge in [-0.05, 0) is 11.6 Å². The normalized spacial score (nSPS) is 10.9. The zero-order valence-electron chi connectivity index (χ0n) is 6.20. The van der Waals surface area contributed by atoms with Crippen molar-refractivity contribution in [3.05, 3.63) is 28.3 Å². The summed E-state index contributed by atoms with van der Waals surface area (Å²) in [6, 6.07) is 0.932. The maximum absolute atomic E-state index is 12.6. The number of nitrogens with zero attached hydrogens (tertiary/aromatic N) is 1. The van der Waals surface area contributed by atoms with Crippen LogP contribution in [0.15, 0.2) is 6.07 Å². The first-order valence-electron chi connectivity index (χ1n) is 3.25. The van der Waals surface area contributed by atoms with Crippen LogP contribution in [0.3, 0.4) is 0 Å². The molecule has 0 amide bonds. The summed E-state index contributed by atoms with van der Waals surface area (Å²) >= 11 is 10.8. The van der Waals surface area contributed by atoms with Crippen LogP contribution in [0, 0.1) is 5.95 Å². The molecule has 0 N–H and O–H groups in total. The first-order chi connectivity index (χ1) is 6.06. The zero-order chi connectivity index (χ0) is 10.0. The fourth-order valence-corrected chi connectivity index (χ4v) is 1.34. The molecule has 0 spiro atoms. The predicted octanol–water partition coefficient (Wildman–Crippen LogP) is 3.55. The van der Waals surface area contributed by atoms with E-state index in [2.05, 4.69) is 4.98 Å². The third kappa shape index (κ3) is 2.25. The van der Waals surface area contributed by atoms with Gasteiger partial charge in [0.25, 0.3) is 6.43 Å². The van der Waals surface area contributed by atoms with Crippen LogP contribution in [-0.4, -0.2) is 4.98 Å². The highest BCUT2D eigenvalue weighted by atomic mass is 35.5. The average molecular weight is 230 g/mol. The molecule has 0 aromatic carbocycles. The minimum absolute atomic E-state index is 0.117. The van der Waals surface area contributed by atoms with E-state index in [1.165, 1.54) is 0 Å². The molecule has 0 unspecified atom stereocenters. The van der Waals surface area contributed by atoms with E-state index in [9.17, 15) is 13.2 Å². The lowest BCUT2D eigenvalue weighted by Gasteiger charge is -2.05. The Labute approximate surface area is 82.5 Å². The van der Waals surface area contributed by atoms with Crippen LogP contribution in [-0.2, 0) is 5.88 Å². The molecule has 1 rings (SSSR count). The summed E-state index contributed by atoms with van der Waals surface area (Å²) in [5, 5.41) is -0.272. The molecular formula is C7H4Cl2F3N. The molecule has 0 aliphatic heterocycles. The van der Waals surface area contributed by atoms with Crippen molar-refractivity contribution in [1.29, 1.82) is 0 Å². The van der Waals surface area contributed by atoms with Crippen molar-refractivity contribution < 1.29 is 13.2 Å². The van der Waals surface area contributed by atoms with Crippen LogP contribution in [0.1, 0.15) is 17.7 Å². The van der Waals surface area contributed by atoms with Crippen molar-refractivity contribution in [3.63, 3.8) is 0 Å². The van der Waals surface area contributed by atoms with Crippen LogP contribution in [0.25, 0.3) is 0 Å². The van der Waals surface area contributed by atoms with E-state index in [0.29, 0.717) is 0 Å². The highest BCUT2D eigenvalue weighted by Crippen LogP contribution is 2.29. The van der Waals surface area contributed by atoms with Gasteiger partial charge >= 0.3 is 0 Å². The van der Waals surface area contributed by atoms with E-state index < -0.39 is 18.1 Å². The largest absolute Gasteiger partial charge is 0.281 e. The molecule has 6 heteroatoms. The number of aromatic nitrogens is 1. The minimum Gasteiger partial charge on any atom is -0.217 e. The minimum atomic E-state index is -2.90. The van der Waals surface area contributed by atoms with E-state index in [4.69, 9.17) is 23.2 Å². The van der Waals surface area contributed by atoms with Crippen molar-refractivity contribution in [1.82, 2.24) is 4.98 Å². The molecule has 0 saturated carbocycles. The summed E-state index contributed by atoms with van der Waals surface area (Å²) in [6.45, 7) is 0. The third-order valence-electron chi connectivity index (χ3n) is 1.38. The third-order valence-corrected chi connectivity index (χ3v) is 2.10. The second-order valence-electron chi connectivity index (χ2n) is 2.24. The molecule has 1 aromatic heterocycles. The SMILES string of the molecule is Fc1cc(CCl)c(Cl)c(C(F)F)n1. The molecule has 1 heterocycles. The summed E-state index contributed by atoms with van der Waals surface area (Å²) in [4.78, 5) is 2.97. The number of alkyl halides is 3. The van der Waals surface area contributed by atoms with Gasteiger partial charge in [0.15, 0.2) is 0 Å². The first kappa shape index (κ1) is 10.6. The smallest absolute Gasteiger partial charge is 0.217 e. The molecule has 1 nitrogen and oxygen atoms in total. The number of pyridine rings is 1. The lowest BCUT2D eigenvalue weighted by Crippen LogP contribution is -1.98. The van der Waals surface area contributed by atoms with E-state index >= 15 is 0 Å². The van der Waals surface area contributed by atoms with Gasteiger partial charge in [0, 0.05) is 5.88 Å². The van der Waals surface area contributed by atoms with Crippen molar-refractivity contribution in [2.75, 3.05) is 0 Å². The standard InChI is InChI=1S/C7H4Cl2F3N/c8-2-3-1-4(10)13-6(5(3)9)7(11)12/h1,7H,2H2. The molecule has 0 fully saturated rings. The lowest BCUT2D eigenvalue weighted by atomic mass is 10.2. The summed E-state index contributed by atoms with van der Waals surface area (Å²) < 4.78 is 36.9. The molecule has 0 atom stereocenters. The van der Waals surface area contributed by atoms with Gasteiger partial charge in [-0.25, -0.2) is 13.8 Å². The van der Waals surface area contributed by atoms with Gasteiger partial charge < -0.3 is 0 Å². The Hall–Kier alpha value is -0.480. The Morgan fingerprint density at radius 3 is 2.54 bits per heavy atom.